The molecular formula is C64H56Cl2N14O6. The number of ether oxygens (including phenoxy) is 2. The van der Waals surface area contributed by atoms with Gasteiger partial charge in [-0.2, -0.15) is 9.36 Å². The van der Waals surface area contributed by atoms with Crippen molar-refractivity contribution in [2.24, 2.45) is 0 Å². The number of pyridine rings is 2. The first-order valence-electron chi connectivity index (χ1n) is 27.3. The van der Waals surface area contributed by atoms with E-state index < -0.39 is 35.2 Å². The number of tetrazole rings is 2. The van der Waals surface area contributed by atoms with E-state index in [1.165, 1.54) is 22.0 Å². The summed E-state index contributed by atoms with van der Waals surface area (Å²) >= 11 is 12.7. The summed E-state index contributed by atoms with van der Waals surface area (Å²) in [5, 5.41) is 24.0. The predicted molar refractivity (Wildman–Crippen MR) is 327 cm³/mol. The Balaban J connectivity index is 0.000000179. The zero-order valence-electron chi connectivity index (χ0n) is 47.5. The van der Waals surface area contributed by atoms with Gasteiger partial charge >= 0.3 is 11.9 Å². The van der Waals surface area contributed by atoms with Crippen molar-refractivity contribution in [2.75, 3.05) is 0 Å². The molecule has 6 heterocycles. The number of nitrogens with one attached hydrogen (secondary N) is 2. The van der Waals surface area contributed by atoms with Crippen molar-refractivity contribution in [3.8, 4) is 33.6 Å². The molecule has 6 aromatic carbocycles. The average molecular weight is 1190 g/mol. The van der Waals surface area contributed by atoms with E-state index in [1.807, 2.05) is 114 Å². The molecule has 0 saturated heterocycles. The van der Waals surface area contributed by atoms with Crippen molar-refractivity contribution in [1.82, 2.24) is 69.5 Å². The van der Waals surface area contributed by atoms with Crippen LogP contribution in [0, 0.1) is 0 Å². The van der Waals surface area contributed by atoms with E-state index in [4.69, 9.17) is 42.6 Å². The molecule has 0 fully saturated rings. The fourth-order valence-corrected chi connectivity index (χ4v) is 10.2. The second-order valence-corrected chi connectivity index (χ2v) is 23.1. The minimum Gasteiger partial charge on any atom is -0.456 e. The number of nitrogens with zero attached hydrogens (tertiary/aromatic N) is 12. The van der Waals surface area contributed by atoms with Crippen molar-refractivity contribution >= 4 is 57.2 Å². The Hall–Kier alpha value is -10.2. The third-order valence-corrected chi connectivity index (χ3v) is 14.2. The molecule has 0 radical (unpaired) electrons. The number of H-pyrrole nitrogens is 2. The third-order valence-electron chi connectivity index (χ3n) is 13.7. The summed E-state index contributed by atoms with van der Waals surface area (Å²) in [4.78, 5) is 69.3. The highest BCUT2D eigenvalue weighted by Gasteiger charge is 2.26. The molecule has 2 N–H and O–H groups in total. The number of esters is 2. The zero-order valence-corrected chi connectivity index (χ0v) is 49.0. The monoisotopic (exact) mass is 1190 g/mol. The second-order valence-electron chi connectivity index (χ2n) is 22.3. The number of aromatic amines is 2. The van der Waals surface area contributed by atoms with Crippen LogP contribution in [0.3, 0.4) is 0 Å². The SMILES string of the molecule is CC(C)(C)OC(=O)c1ccc2nc([C@@H](Cc3ccccc3)n3ccc(-c4cc(Cl)ccc4-n4cnnn4)cc3=O)[nH]c2c1.CC(C)(C)OC(=O)c1ccc2nc([C@H](Cc3ccccc3)n3ccc(-c4cc(Cl)ccc4-n4cnnn4)cc3=O)[nH]c2c1. The van der Waals surface area contributed by atoms with Gasteiger partial charge in [0.05, 0.1) is 56.7 Å². The zero-order chi connectivity index (χ0) is 60.3. The summed E-state index contributed by atoms with van der Waals surface area (Å²) in [6.07, 6.45) is 7.50. The normalized spacial score (nSPS) is 12.4. The predicted octanol–water partition coefficient (Wildman–Crippen LogP) is 11.6. The number of carbonyl (C=O) groups is 2. The lowest BCUT2D eigenvalue weighted by atomic mass is 10.0. The van der Waals surface area contributed by atoms with Crippen LogP contribution in [0.1, 0.15) is 97.1 Å². The number of fused-ring (bicyclic) bond motifs is 2. The molecule has 12 rings (SSSR count). The highest BCUT2D eigenvalue weighted by Crippen LogP contribution is 2.33. The van der Waals surface area contributed by atoms with Crippen molar-refractivity contribution in [1.29, 1.82) is 0 Å². The maximum atomic E-state index is 13.8. The van der Waals surface area contributed by atoms with Crippen LogP contribution >= 0.6 is 23.2 Å². The highest BCUT2D eigenvalue weighted by atomic mass is 35.5. The number of rotatable bonds is 14. The van der Waals surface area contributed by atoms with Crippen molar-refractivity contribution in [3.05, 3.63) is 247 Å². The molecule has 0 unspecified atom stereocenters. The van der Waals surface area contributed by atoms with E-state index in [2.05, 4.69) is 41.0 Å². The summed E-state index contributed by atoms with van der Waals surface area (Å²) in [7, 11) is 0. The summed E-state index contributed by atoms with van der Waals surface area (Å²) in [5.74, 6) is 0.347. The van der Waals surface area contributed by atoms with Gasteiger partial charge in [0.15, 0.2) is 0 Å². The number of carbonyl (C=O) groups excluding carboxylic acids is 2. The molecule has 0 saturated carbocycles. The molecule has 20 nitrogen and oxygen atoms in total. The maximum absolute atomic E-state index is 13.8. The molecule has 432 valence electrons. The largest absolute Gasteiger partial charge is 0.456 e. The average Bonchev–Trinajstić information content (AvgIpc) is 3.73. The number of hydrogen-bond acceptors (Lipinski definition) is 14. The molecule has 0 aliphatic rings. The van der Waals surface area contributed by atoms with Crippen LogP contribution in [0.15, 0.2) is 192 Å². The van der Waals surface area contributed by atoms with Gasteiger partial charge in [0.25, 0.3) is 11.1 Å². The van der Waals surface area contributed by atoms with Gasteiger partial charge in [0, 0.05) is 58.5 Å². The summed E-state index contributed by atoms with van der Waals surface area (Å²) in [6.45, 7) is 11.0. The van der Waals surface area contributed by atoms with E-state index in [0.717, 1.165) is 11.1 Å². The van der Waals surface area contributed by atoms with Crippen LogP contribution < -0.4 is 11.1 Å². The van der Waals surface area contributed by atoms with Gasteiger partial charge in [-0.05, 0) is 170 Å². The van der Waals surface area contributed by atoms with Crippen LogP contribution in [-0.2, 0) is 22.3 Å². The van der Waals surface area contributed by atoms with Crippen molar-refractivity contribution in [3.63, 3.8) is 0 Å². The molecule has 12 aromatic rings. The van der Waals surface area contributed by atoms with Gasteiger partial charge in [-0.1, -0.05) is 83.9 Å². The molecular weight excluding hydrogens is 1130 g/mol. The van der Waals surface area contributed by atoms with Gasteiger partial charge in [0.2, 0.25) is 0 Å². The van der Waals surface area contributed by atoms with Gasteiger partial charge in [-0.3, -0.25) is 9.59 Å². The molecule has 0 aliphatic carbocycles. The van der Waals surface area contributed by atoms with E-state index in [1.54, 1.807) is 106 Å². The first-order valence-corrected chi connectivity index (χ1v) is 28.1. The topological polar surface area (TPSA) is 241 Å². The standard InChI is InChI=1S/2C32H28ClN7O3/c2*1-32(2,3)43-31(42)22-9-11-25-26(16-22)36-30(35-25)28(15-20-7-5-4-6-8-20)39-14-13-21(17-29(39)41)24-18-23(33)10-12-27(24)40-19-34-37-38-40/h2*4-14,16-19,28H,15H2,1-3H3,(H,35,36)/t2*28-/m10/s1. The van der Waals surface area contributed by atoms with Crippen LogP contribution in [0.4, 0.5) is 0 Å². The quantitative estimate of drug-likeness (QED) is 0.0963. The lowest BCUT2D eigenvalue weighted by Gasteiger charge is -2.19. The second kappa shape index (κ2) is 24.2. The van der Waals surface area contributed by atoms with Crippen LogP contribution in [0.2, 0.25) is 10.0 Å². The lowest BCUT2D eigenvalue weighted by Crippen LogP contribution is -2.27. The Bertz CT molecular complexity index is 4240. The van der Waals surface area contributed by atoms with Gasteiger partial charge < -0.3 is 28.6 Å². The van der Waals surface area contributed by atoms with Gasteiger partial charge in [0.1, 0.15) is 35.5 Å². The van der Waals surface area contributed by atoms with Crippen LogP contribution in [0.25, 0.3) is 55.7 Å². The minimum absolute atomic E-state index is 0.226. The van der Waals surface area contributed by atoms with Crippen LogP contribution in [-0.4, -0.2) is 92.6 Å². The maximum Gasteiger partial charge on any atom is 0.338 e. The Labute approximate surface area is 502 Å². The molecule has 0 aliphatic heterocycles. The first-order chi connectivity index (χ1) is 41.3. The highest BCUT2D eigenvalue weighted by molar-refractivity contribution is 6.31. The Morgan fingerprint density at radius 2 is 0.919 bits per heavy atom. The van der Waals surface area contributed by atoms with Crippen LogP contribution in [0.5, 0.6) is 0 Å². The number of aromatic nitrogens is 14. The third kappa shape index (κ3) is 13.3. The van der Waals surface area contributed by atoms with E-state index in [0.29, 0.717) is 101 Å². The Kier molecular flexibility index (Phi) is 16.2. The molecule has 22 heteroatoms. The minimum atomic E-state index is -0.614. The molecule has 0 bridgehead atoms. The lowest BCUT2D eigenvalue weighted by molar-refractivity contribution is 0.00572. The summed E-state index contributed by atoms with van der Waals surface area (Å²) < 4.78 is 17.4. The van der Waals surface area contributed by atoms with E-state index >= 15 is 0 Å². The summed E-state index contributed by atoms with van der Waals surface area (Å²) in [6, 6.07) is 46.8. The van der Waals surface area contributed by atoms with E-state index in [-0.39, 0.29) is 11.1 Å². The number of halogens is 2. The molecule has 6 aromatic heterocycles. The van der Waals surface area contributed by atoms with E-state index in [9.17, 15) is 19.2 Å². The molecule has 2 atom stereocenters. The number of hydrogen-bond donors (Lipinski definition) is 2. The van der Waals surface area contributed by atoms with Gasteiger partial charge in [-0.15, -0.1) is 10.2 Å². The van der Waals surface area contributed by atoms with Gasteiger partial charge in [-0.25, -0.2) is 19.6 Å². The fourth-order valence-electron chi connectivity index (χ4n) is 9.88. The fraction of sp³-hybridized carbons (Fsp3) is 0.188. The number of benzene rings is 6. The Morgan fingerprint density at radius 1 is 0.512 bits per heavy atom. The Morgan fingerprint density at radius 3 is 1.28 bits per heavy atom. The first kappa shape index (κ1) is 57.6. The molecule has 86 heavy (non-hydrogen) atoms. The molecule has 0 amide bonds. The summed E-state index contributed by atoms with van der Waals surface area (Å²) in [5.41, 5.74) is 8.04. The molecule has 0 spiro atoms. The number of imidazole rings is 2. The van der Waals surface area contributed by atoms with Crippen molar-refractivity contribution in [2.45, 2.75) is 77.7 Å². The van der Waals surface area contributed by atoms with Crippen molar-refractivity contribution < 1.29 is 19.1 Å². The smallest absolute Gasteiger partial charge is 0.338 e.